The molecule has 1 aromatic rings. The first-order chi connectivity index (χ1) is 5.77. The minimum absolute atomic E-state index is 0.705. The Kier molecular flexibility index (Phi) is 2.86. The van der Waals surface area contributed by atoms with Crippen LogP contribution in [-0.2, 0) is 0 Å². The largest absolute Gasteiger partial charge is 0.375 e. The maximum absolute atomic E-state index is 10.3. The average Bonchev–Trinajstić information content (AvgIpc) is 2.17. The molecule has 12 heavy (non-hydrogen) atoms. The van der Waals surface area contributed by atoms with Gasteiger partial charge in [-0.25, -0.2) is 0 Å². The molecule has 0 aliphatic heterocycles. The predicted octanol–water partition coefficient (Wildman–Crippen LogP) is 1.77. The van der Waals surface area contributed by atoms with Gasteiger partial charge in [-0.2, -0.15) is 0 Å². The van der Waals surface area contributed by atoms with Gasteiger partial charge in [0.05, 0.1) is 0 Å². The summed E-state index contributed by atoms with van der Waals surface area (Å²) in [6.45, 7) is 4.48. The number of nitrogens with zero attached hydrogens (tertiary/aromatic N) is 1. The van der Waals surface area contributed by atoms with E-state index in [2.05, 4.69) is 6.92 Å². The highest BCUT2D eigenvalue weighted by molar-refractivity contribution is 5.75. The summed E-state index contributed by atoms with van der Waals surface area (Å²) < 4.78 is 0. The Hall–Kier alpha value is -1.31. The van der Waals surface area contributed by atoms with Gasteiger partial charge in [0.25, 0.3) is 0 Å². The van der Waals surface area contributed by atoms with E-state index in [0.29, 0.717) is 5.56 Å². The van der Waals surface area contributed by atoms with Gasteiger partial charge in [-0.1, -0.05) is 0 Å². The van der Waals surface area contributed by atoms with Crippen LogP contribution in [-0.4, -0.2) is 19.9 Å². The molecule has 2 nitrogen and oxygen atoms in total. The second-order valence-electron chi connectivity index (χ2n) is 2.63. The highest BCUT2D eigenvalue weighted by Gasteiger charge is 1.96. The Morgan fingerprint density at radius 2 is 2.00 bits per heavy atom. The molecule has 0 aliphatic rings. The minimum atomic E-state index is 0.705. The SMILES string of the molecule is [CH2]CN(C)c1ccc(C=O)cc1. The summed E-state index contributed by atoms with van der Waals surface area (Å²) >= 11 is 0. The van der Waals surface area contributed by atoms with Gasteiger partial charge in [-0.3, -0.25) is 4.79 Å². The monoisotopic (exact) mass is 162 g/mol. The molecular weight excluding hydrogens is 150 g/mol. The van der Waals surface area contributed by atoms with Gasteiger partial charge in [-0.05, 0) is 31.2 Å². The van der Waals surface area contributed by atoms with Crippen molar-refractivity contribution < 1.29 is 4.79 Å². The topological polar surface area (TPSA) is 20.3 Å². The zero-order valence-corrected chi connectivity index (χ0v) is 7.16. The maximum atomic E-state index is 10.3. The van der Waals surface area contributed by atoms with E-state index in [9.17, 15) is 4.79 Å². The standard InChI is InChI=1S/C10H12NO/c1-3-11(2)10-6-4-9(8-12)5-7-10/h4-8H,1,3H2,2H3. The van der Waals surface area contributed by atoms with Crippen molar-refractivity contribution in [1.29, 1.82) is 0 Å². The fraction of sp³-hybridized carbons (Fsp3) is 0.200. The van der Waals surface area contributed by atoms with Gasteiger partial charge in [0, 0.05) is 24.8 Å². The number of hydrogen-bond donors (Lipinski definition) is 0. The number of rotatable bonds is 3. The van der Waals surface area contributed by atoms with Crippen LogP contribution in [0.5, 0.6) is 0 Å². The van der Waals surface area contributed by atoms with Crippen molar-refractivity contribution in [3.8, 4) is 0 Å². The quantitative estimate of drug-likeness (QED) is 0.631. The van der Waals surface area contributed by atoms with Crippen molar-refractivity contribution in [2.75, 3.05) is 18.5 Å². The van der Waals surface area contributed by atoms with Crippen molar-refractivity contribution in [2.24, 2.45) is 0 Å². The molecule has 0 aromatic heterocycles. The second-order valence-corrected chi connectivity index (χ2v) is 2.63. The van der Waals surface area contributed by atoms with Crippen LogP contribution in [0.15, 0.2) is 24.3 Å². The molecule has 0 N–H and O–H groups in total. The lowest BCUT2D eigenvalue weighted by Gasteiger charge is -2.16. The second kappa shape index (κ2) is 3.90. The molecule has 0 spiro atoms. The van der Waals surface area contributed by atoms with Gasteiger partial charge in [0.1, 0.15) is 6.29 Å². The average molecular weight is 162 g/mol. The molecule has 0 unspecified atom stereocenters. The van der Waals surface area contributed by atoms with Crippen molar-refractivity contribution in [1.82, 2.24) is 0 Å². The lowest BCUT2D eigenvalue weighted by Crippen LogP contribution is -2.15. The fourth-order valence-corrected chi connectivity index (χ4v) is 0.936. The summed E-state index contributed by atoms with van der Waals surface area (Å²) in [5, 5.41) is 0. The Labute approximate surface area is 72.8 Å². The summed E-state index contributed by atoms with van der Waals surface area (Å²) in [7, 11) is 1.96. The molecular formula is C10H12NO. The van der Waals surface area contributed by atoms with E-state index in [-0.39, 0.29) is 0 Å². The van der Waals surface area contributed by atoms with Crippen LogP contribution in [0.1, 0.15) is 10.4 Å². The summed E-state index contributed by atoms with van der Waals surface area (Å²) in [5.74, 6) is 0. The summed E-state index contributed by atoms with van der Waals surface area (Å²) in [6, 6.07) is 7.42. The number of aldehydes is 1. The lowest BCUT2D eigenvalue weighted by molar-refractivity contribution is 0.112. The van der Waals surface area contributed by atoms with Crippen molar-refractivity contribution in [3.05, 3.63) is 36.8 Å². The van der Waals surface area contributed by atoms with Crippen LogP contribution < -0.4 is 4.90 Å². The lowest BCUT2D eigenvalue weighted by atomic mass is 10.2. The molecule has 0 bridgehead atoms. The Morgan fingerprint density at radius 3 is 2.42 bits per heavy atom. The van der Waals surface area contributed by atoms with Crippen LogP contribution >= 0.6 is 0 Å². The van der Waals surface area contributed by atoms with Crippen molar-refractivity contribution in [2.45, 2.75) is 0 Å². The molecule has 1 aromatic carbocycles. The molecule has 0 atom stereocenters. The predicted molar refractivity (Wildman–Crippen MR) is 50.5 cm³/mol. The summed E-state index contributed by atoms with van der Waals surface area (Å²) in [4.78, 5) is 12.3. The Bertz CT molecular complexity index is 253. The van der Waals surface area contributed by atoms with E-state index in [4.69, 9.17) is 0 Å². The van der Waals surface area contributed by atoms with Crippen LogP contribution in [0.3, 0.4) is 0 Å². The first kappa shape index (κ1) is 8.78. The van der Waals surface area contributed by atoms with Crippen LogP contribution in [0.25, 0.3) is 0 Å². The normalized spacial score (nSPS) is 9.50. The van der Waals surface area contributed by atoms with Crippen LogP contribution in [0, 0.1) is 6.92 Å². The zero-order valence-electron chi connectivity index (χ0n) is 7.16. The number of anilines is 1. The summed E-state index contributed by atoms with van der Waals surface area (Å²) in [5.41, 5.74) is 1.78. The van der Waals surface area contributed by atoms with Gasteiger partial charge in [0.2, 0.25) is 0 Å². The highest BCUT2D eigenvalue weighted by atomic mass is 16.1. The molecule has 0 fully saturated rings. The van der Waals surface area contributed by atoms with Crippen molar-refractivity contribution in [3.63, 3.8) is 0 Å². The zero-order chi connectivity index (χ0) is 8.97. The number of benzene rings is 1. The van der Waals surface area contributed by atoms with E-state index in [1.54, 1.807) is 12.1 Å². The molecule has 0 heterocycles. The van der Waals surface area contributed by atoms with E-state index >= 15 is 0 Å². The minimum Gasteiger partial charge on any atom is -0.375 e. The van der Waals surface area contributed by atoms with E-state index in [1.807, 2.05) is 24.1 Å². The number of carbonyl (C=O) groups excluding carboxylic acids is 1. The molecule has 63 valence electrons. The molecule has 0 saturated heterocycles. The Morgan fingerprint density at radius 1 is 1.42 bits per heavy atom. The van der Waals surface area contributed by atoms with Gasteiger partial charge < -0.3 is 4.90 Å². The van der Waals surface area contributed by atoms with Crippen LogP contribution in [0.2, 0.25) is 0 Å². The maximum Gasteiger partial charge on any atom is 0.150 e. The van der Waals surface area contributed by atoms with E-state index in [1.165, 1.54) is 0 Å². The molecule has 0 amide bonds. The highest BCUT2D eigenvalue weighted by Crippen LogP contribution is 2.11. The molecule has 0 aliphatic carbocycles. The van der Waals surface area contributed by atoms with Crippen LogP contribution in [0.4, 0.5) is 5.69 Å². The van der Waals surface area contributed by atoms with Gasteiger partial charge in [0.15, 0.2) is 0 Å². The molecule has 1 rings (SSSR count). The third-order valence-electron chi connectivity index (χ3n) is 1.81. The molecule has 1 radical (unpaired) electrons. The smallest absolute Gasteiger partial charge is 0.150 e. The third-order valence-corrected chi connectivity index (χ3v) is 1.81. The van der Waals surface area contributed by atoms with Crippen molar-refractivity contribution >= 4 is 12.0 Å². The number of hydrogen-bond acceptors (Lipinski definition) is 2. The first-order valence-corrected chi connectivity index (χ1v) is 3.83. The molecule has 0 saturated carbocycles. The van der Waals surface area contributed by atoms with Gasteiger partial charge in [-0.15, -0.1) is 0 Å². The van der Waals surface area contributed by atoms with E-state index < -0.39 is 0 Å². The first-order valence-electron chi connectivity index (χ1n) is 3.83. The molecule has 2 heteroatoms. The number of carbonyl (C=O) groups is 1. The summed E-state index contributed by atoms with van der Waals surface area (Å²) in [6.07, 6.45) is 0.841. The fourth-order valence-electron chi connectivity index (χ4n) is 0.936. The third kappa shape index (κ3) is 1.84. The Balaban J connectivity index is 2.84. The van der Waals surface area contributed by atoms with Gasteiger partial charge >= 0.3 is 0 Å². The van der Waals surface area contributed by atoms with E-state index in [0.717, 1.165) is 18.5 Å².